The Hall–Kier alpha value is 0.800. The monoisotopic (exact) mass is 570 g/mol. The van der Waals surface area contributed by atoms with E-state index >= 15 is 0 Å². The van der Waals surface area contributed by atoms with Crippen LogP contribution in [0.4, 0.5) is 0 Å². The molecule has 0 amide bonds. The molecule has 0 aliphatic heterocycles. The molecule has 0 heterocycles. The Morgan fingerprint density at radius 2 is 1.19 bits per heavy atom. The fourth-order valence-electron chi connectivity index (χ4n) is 1.79. The van der Waals surface area contributed by atoms with Gasteiger partial charge >= 0.3 is 0 Å². The standard InChI is InChI=1S/C15H10Br4S2/c1-7(9-5-12(18)15(21)13(19)6-9)2-8-3-10(16)14(20)11(17)4-8/h2-6,20-21H,1H3/b7-2+. The molecule has 0 fully saturated rings. The normalized spacial score (nSPS) is 11.9. The molecular weight excluding hydrogens is 564 g/mol. The van der Waals surface area contributed by atoms with Crippen molar-refractivity contribution in [1.82, 2.24) is 0 Å². The number of thiol groups is 2. The highest BCUT2D eigenvalue weighted by Crippen LogP contribution is 2.34. The van der Waals surface area contributed by atoms with Crippen LogP contribution in [0.5, 0.6) is 0 Å². The maximum absolute atomic E-state index is 4.43. The van der Waals surface area contributed by atoms with Crippen LogP contribution in [0.15, 0.2) is 51.9 Å². The molecule has 2 aromatic rings. The lowest BCUT2D eigenvalue weighted by Gasteiger charge is -2.08. The summed E-state index contributed by atoms with van der Waals surface area (Å²) >= 11 is 22.9. The van der Waals surface area contributed by atoms with Gasteiger partial charge < -0.3 is 0 Å². The zero-order valence-corrected chi connectivity index (χ0v) is 18.9. The zero-order valence-electron chi connectivity index (χ0n) is 10.8. The molecule has 0 nitrogen and oxygen atoms in total. The minimum atomic E-state index is 0.898. The molecule has 0 aromatic heterocycles. The molecule has 0 unspecified atom stereocenters. The lowest BCUT2D eigenvalue weighted by atomic mass is 10.0. The molecule has 0 saturated carbocycles. The Kier molecular flexibility index (Phi) is 6.55. The maximum Gasteiger partial charge on any atom is 0.0326 e. The largest absolute Gasteiger partial charge is 0.141 e. The second-order valence-electron chi connectivity index (χ2n) is 4.45. The zero-order chi connectivity index (χ0) is 15.7. The highest BCUT2D eigenvalue weighted by Gasteiger charge is 2.07. The van der Waals surface area contributed by atoms with Gasteiger partial charge in [0.25, 0.3) is 0 Å². The van der Waals surface area contributed by atoms with Crippen LogP contribution in [0.1, 0.15) is 18.1 Å². The van der Waals surface area contributed by atoms with Gasteiger partial charge in [-0.2, -0.15) is 0 Å². The Labute approximate surface area is 169 Å². The van der Waals surface area contributed by atoms with Gasteiger partial charge in [-0.3, -0.25) is 0 Å². The highest BCUT2D eigenvalue weighted by molar-refractivity contribution is 9.11. The Morgan fingerprint density at radius 3 is 1.62 bits per heavy atom. The smallest absolute Gasteiger partial charge is 0.0326 e. The number of allylic oxidation sites excluding steroid dienone is 1. The number of hydrogen-bond acceptors (Lipinski definition) is 2. The van der Waals surface area contributed by atoms with Crippen molar-refractivity contribution in [3.8, 4) is 0 Å². The third kappa shape index (κ3) is 4.42. The summed E-state index contributed by atoms with van der Waals surface area (Å²) in [4.78, 5) is 1.80. The number of halogens is 4. The van der Waals surface area contributed by atoms with Crippen molar-refractivity contribution >= 4 is 101 Å². The number of hydrogen-bond donors (Lipinski definition) is 2. The van der Waals surface area contributed by atoms with Crippen molar-refractivity contribution in [1.29, 1.82) is 0 Å². The summed E-state index contributed by atoms with van der Waals surface area (Å²) < 4.78 is 3.87. The van der Waals surface area contributed by atoms with Crippen LogP contribution in [-0.4, -0.2) is 0 Å². The lowest BCUT2D eigenvalue weighted by molar-refractivity contribution is 1.34. The van der Waals surface area contributed by atoms with E-state index in [-0.39, 0.29) is 0 Å². The van der Waals surface area contributed by atoms with Gasteiger partial charge in [-0.05, 0) is 112 Å². The molecule has 2 aromatic carbocycles. The van der Waals surface area contributed by atoms with E-state index in [9.17, 15) is 0 Å². The van der Waals surface area contributed by atoms with Crippen molar-refractivity contribution in [2.45, 2.75) is 16.7 Å². The van der Waals surface area contributed by atoms with E-state index in [0.29, 0.717) is 0 Å². The van der Waals surface area contributed by atoms with Gasteiger partial charge in [-0.1, -0.05) is 6.08 Å². The van der Waals surface area contributed by atoms with Crippen LogP contribution >= 0.6 is 89.0 Å². The highest BCUT2D eigenvalue weighted by atomic mass is 79.9. The molecule has 0 N–H and O–H groups in total. The van der Waals surface area contributed by atoms with E-state index in [0.717, 1.165) is 44.4 Å². The Balaban J connectivity index is 2.46. The molecule has 6 heteroatoms. The molecule has 21 heavy (non-hydrogen) atoms. The predicted octanol–water partition coefficient (Wildman–Crippen LogP) is 7.87. The van der Waals surface area contributed by atoms with Gasteiger partial charge in [0.05, 0.1) is 0 Å². The first kappa shape index (κ1) is 18.1. The van der Waals surface area contributed by atoms with Crippen molar-refractivity contribution < 1.29 is 0 Å². The van der Waals surface area contributed by atoms with Gasteiger partial charge in [0.1, 0.15) is 0 Å². The maximum atomic E-state index is 4.43. The van der Waals surface area contributed by atoms with E-state index in [1.165, 1.54) is 0 Å². The van der Waals surface area contributed by atoms with Crippen molar-refractivity contribution in [3.05, 3.63) is 53.3 Å². The second-order valence-corrected chi connectivity index (χ2v) is 8.76. The molecule has 0 radical (unpaired) electrons. The molecule has 0 aliphatic rings. The van der Waals surface area contributed by atoms with Crippen LogP contribution < -0.4 is 0 Å². The minimum Gasteiger partial charge on any atom is -0.141 e. The third-order valence-corrected chi connectivity index (χ3v) is 7.59. The van der Waals surface area contributed by atoms with Crippen LogP contribution in [0.3, 0.4) is 0 Å². The number of rotatable bonds is 2. The molecule has 0 saturated heterocycles. The average molecular weight is 574 g/mol. The first-order valence-electron chi connectivity index (χ1n) is 5.84. The molecular formula is C15H10Br4S2. The van der Waals surface area contributed by atoms with Crippen molar-refractivity contribution in [3.63, 3.8) is 0 Å². The minimum absolute atomic E-state index is 0.898. The van der Waals surface area contributed by atoms with Crippen molar-refractivity contribution in [2.75, 3.05) is 0 Å². The first-order chi connectivity index (χ1) is 9.79. The summed E-state index contributed by atoms with van der Waals surface area (Å²) in [5, 5.41) is 0. The lowest BCUT2D eigenvalue weighted by Crippen LogP contribution is -1.85. The van der Waals surface area contributed by atoms with E-state index in [1.54, 1.807) is 0 Å². The van der Waals surface area contributed by atoms with Gasteiger partial charge in [0, 0.05) is 27.7 Å². The van der Waals surface area contributed by atoms with Crippen molar-refractivity contribution in [2.24, 2.45) is 0 Å². The molecule has 110 valence electrons. The Bertz CT molecular complexity index is 692. The molecule has 0 bridgehead atoms. The van der Waals surface area contributed by atoms with Crippen LogP contribution in [0, 0.1) is 0 Å². The topological polar surface area (TPSA) is 0 Å². The Morgan fingerprint density at radius 1 is 0.810 bits per heavy atom. The summed E-state index contributed by atoms with van der Waals surface area (Å²) in [6, 6.07) is 8.23. The second kappa shape index (κ2) is 7.58. The number of benzene rings is 2. The first-order valence-corrected chi connectivity index (χ1v) is 9.91. The van der Waals surface area contributed by atoms with Gasteiger partial charge in [0.15, 0.2) is 0 Å². The predicted molar refractivity (Wildman–Crippen MR) is 112 cm³/mol. The summed E-state index contributed by atoms with van der Waals surface area (Å²) in [5.41, 5.74) is 3.40. The SMILES string of the molecule is C/C(=C\c1cc(Br)c(S)c(Br)c1)c1cc(Br)c(S)c(Br)c1. The van der Waals surface area contributed by atoms with E-state index in [4.69, 9.17) is 0 Å². The fourth-order valence-corrected chi connectivity index (χ4v) is 4.46. The summed E-state index contributed by atoms with van der Waals surface area (Å²) in [5.74, 6) is 0. The van der Waals surface area contributed by atoms with Crippen LogP contribution in [0.2, 0.25) is 0 Å². The fraction of sp³-hybridized carbons (Fsp3) is 0.0667. The summed E-state index contributed by atoms with van der Waals surface area (Å²) in [6.45, 7) is 2.09. The molecule has 0 atom stereocenters. The molecule has 0 aliphatic carbocycles. The van der Waals surface area contributed by atoms with Gasteiger partial charge in [-0.25, -0.2) is 0 Å². The van der Waals surface area contributed by atoms with Crippen LogP contribution in [0.25, 0.3) is 11.6 Å². The van der Waals surface area contributed by atoms with Gasteiger partial charge in [-0.15, -0.1) is 25.3 Å². The van der Waals surface area contributed by atoms with Crippen LogP contribution in [-0.2, 0) is 0 Å². The quantitative estimate of drug-likeness (QED) is 0.265. The van der Waals surface area contributed by atoms with E-state index in [1.807, 2.05) is 12.1 Å². The average Bonchev–Trinajstić information content (AvgIpc) is 2.41. The van der Waals surface area contributed by atoms with Gasteiger partial charge in [0.2, 0.25) is 0 Å². The molecule has 0 spiro atoms. The molecule has 2 rings (SSSR count). The van der Waals surface area contributed by atoms with E-state index in [2.05, 4.69) is 114 Å². The summed E-state index contributed by atoms with van der Waals surface area (Å²) in [7, 11) is 0. The van der Waals surface area contributed by atoms with E-state index < -0.39 is 0 Å². The third-order valence-electron chi connectivity index (χ3n) is 2.89. The summed E-state index contributed by atoms with van der Waals surface area (Å²) in [6.07, 6.45) is 2.13.